The second kappa shape index (κ2) is 11.0. The van der Waals surface area contributed by atoms with Gasteiger partial charge in [-0.2, -0.15) is 0 Å². The molecule has 0 bridgehead atoms. The monoisotopic (exact) mass is 485 g/mol. The zero-order chi connectivity index (χ0) is 25.9. The van der Waals surface area contributed by atoms with E-state index in [2.05, 4.69) is 17.6 Å². The number of aryl methyl sites for hydroxylation is 2. The highest BCUT2D eigenvalue weighted by Gasteiger charge is 2.48. The van der Waals surface area contributed by atoms with Gasteiger partial charge in [-0.1, -0.05) is 49.9 Å². The van der Waals surface area contributed by atoms with Gasteiger partial charge in [-0.15, -0.1) is 0 Å². The van der Waals surface area contributed by atoms with Crippen molar-refractivity contribution in [3.8, 4) is 0 Å². The largest absolute Gasteiger partial charge is 0.444 e. The van der Waals surface area contributed by atoms with E-state index >= 15 is 0 Å². The van der Waals surface area contributed by atoms with Gasteiger partial charge < -0.3 is 20.3 Å². The highest BCUT2D eigenvalue weighted by molar-refractivity contribution is 5.92. The van der Waals surface area contributed by atoms with Crippen LogP contribution in [0.25, 0.3) is 0 Å². The number of ether oxygens (including phenoxy) is 1. The lowest BCUT2D eigenvalue weighted by atomic mass is 9.93. The number of benzene rings is 1. The fourth-order valence-corrected chi connectivity index (χ4v) is 4.94. The lowest BCUT2D eigenvalue weighted by Crippen LogP contribution is -2.54. The molecule has 2 aliphatic carbocycles. The molecular formula is C28H43N3O4. The predicted octanol–water partition coefficient (Wildman–Crippen LogP) is 4.94. The topological polar surface area (TPSA) is 87.7 Å². The van der Waals surface area contributed by atoms with Crippen molar-refractivity contribution in [3.05, 3.63) is 34.9 Å². The molecule has 35 heavy (non-hydrogen) atoms. The second-order valence-corrected chi connectivity index (χ2v) is 11.5. The number of hydrogen-bond donors (Lipinski definition) is 2. The molecule has 0 aromatic heterocycles. The van der Waals surface area contributed by atoms with Crippen molar-refractivity contribution in [2.24, 2.45) is 5.92 Å². The summed E-state index contributed by atoms with van der Waals surface area (Å²) in [6, 6.07) is 4.55. The summed E-state index contributed by atoms with van der Waals surface area (Å²) >= 11 is 0. The Hall–Kier alpha value is -2.57. The number of nitrogens with one attached hydrogen (secondary N) is 2. The molecule has 4 atom stereocenters. The number of carbonyl (C=O) groups is 3. The molecule has 7 heteroatoms. The van der Waals surface area contributed by atoms with Gasteiger partial charge in [-0.25, -0.2) is 4.79 Å². The SMILES string of the molecule is Cc1ccc(C)c(C(C(=O)NC2CCCCC2)N(C(=O)C(C)NC(=O)OC(C)(C)C)C2CC2C)c1. The number of carbonyl (C=O) groups excluding carboxylic acids is 3. The summed E-state index contributed by atoms with van der Waals surface area (Å²) in [4.78, 5) is 41.9. The van der Waals surface area contributed by atoms with Crippen molar-refractivity contribution >= 4 is 17.9 Å². The van der Waals surface area contributed by atoms with E-state index in [1.807, 2.05) is 32.0 Å². The van der Waals surface area contributed by atoms with Crippen molar-refractivity contribution < 1.29 is 19.1 Å². The molecule has 3 rings (SSSR count). The molecule has 0 aliphatic heterocycles. The van der Waals surface area contributed by atoms with Crippen LogP contribution in [0.2, 0.25) is 0 Å². The first-order chi connectivity index (χ1) is 16.4. The van der Waals surface area contributed by atoms with E-state index in [0.29, 0.717) is 5.92 Å². The molecule has 0 spiro atoms. The van der Waals surface area contributed by atoms with E-state index in [4.69, 9.17) is 4.74 Å². The van der Waals surface area contributed by atoms with Gasteiger partial charge >= 0.3 is 6.09 Å². The summed E-state index contributed by atoms with van der Waals surface area (Å²) in [7, 11) is 0. The van der Waals surface area contributed by atoms with Crippen molar-refractivity contribution in [1.29, 1.82) is 0 Å². The lowest BCUT2D eigenvalue weighted by Gasteiger charge is -2.36. The third-order valence-corrected chi connectivity index (χ3v) is 6.99. The van der Waals surface area contributed by atoms with Gasteiger partial charge in [-0.05, 0) is 77.8 Å². The standard InChI is InChI=1S/C28H43N3O4/c1-17-13-14-18(2)22(15-17)24(25(32)30-21-11-9-8-10-12-21)31(23-16-19(23)3)26(33)20(4)29-27(34)35-28(5,6)7/h13-15,19-21,23-24H,8-12,16H2,1-7H3,(H,29,34)(H,30,32). The number of amides is 3. The van der Waals surface area contributed by atoms with E-state index in [1.54, 1.807) is 32.6 Å². The summed E-state index contributed by atoms with van der Waals surface area (Å²) in [5, 5.41) is 5.95. The first kappa shape index (κ1) is 27.0. The second-order valence-electron chi connectivity index (χ2n) is 11.5. The van der Waals surface area contributed by atoms with Crippen LogP contribution in [0.5, 0.6) is 0 Å². The smallest absolute Gasteiger partial charge is 0.408 e. The minimum Gasteiger partial charge on any atom is -0.444 e. The minimum atomic E-state index is -0.826. The quantitative estimate of drug-likeness (QED) is 0.572. The predicted molar refractivity (Wildman–Crippen MR) is 137 cm³/mol. The van der Waals surface area contributed by atoms with Crippen LogP contribution in [0.3, 0.4) is 0 Å². The van der Waals surface area contributed by atoms with Gasteiger partial charge in [0.15, 0.2) is 0 Å². The normalized spacial score (nSPS) is 22.0. The molecule has 1 aromatic carbocycles. The van der Waals surface area contributed by atoms with Crippen LogP contribution in [0.1, 0.15) is 95.9 Å². The Labute approximate surface area is 210 Å². The van der Waals surface area contributed by atoms with Gasteiger partial charge in [0.05, 0.1) is 0 Å². The zero-order valence-electron chi connectivity index (χ0n) is 22.4. The molecule has 2 aliphatic rings. The lowest BCUT2D eigenvalue weighted by molar-refractivity contribution is -0.143. The molecule has 3 amide bonds. The fourth-order valence-electron chi connectivity index (χ4n) is 4.94. The van der Waals surface area contributed by atoms with Gasteiger partial charge in [0, 0.05) is 12.1 Å². The molecule has 1 aromatic rings. The number of nitrogens with zero attached hydrogens (tertiary/aromatic N) is 1. The van der Waals surface area contributed by atoms with E-state index in [-0.39, 0.29) is 23.9 Å². The average molecular weight is 486 g/mol. The summed E-state index contributed by atoms with van der Waals surface area (Å²) in [6.45, 7) is 13.1. The van der Waals surface area contributed by atoms with Crippen LogP contribution in [0, 0.1) is 19.8 Å². The Bertz CT molecular complexity index is 933. The minimum absolute atomic E-state index is 0.0487. The fraction of sp³-hybridized carbons (Fsp3) is 0.679. The molecule has 0 radical (unpaired) electrons. The van der Waals surface area contributed by atoms with E-state index in [9.17, 15) is 14.4 Å². The van der Waals surface area contributed by atoms with Crippen LogP contribution >= 0.6 is 0 Å². The third-order valence-electron chi connectivity index (χ3n) is 6.99. The van der Waals surface area contributed by atoms with Crippen LogP contribution in [-0.4, -0.2) is 46.5 Å². The maximum Gasteiger partial charge on any atom is 0.408 e. The van der Waals surface area contributed by atoms with Crippen LogP contribution in [-0.2, 0) is 14.3 Å². The zero-order valence-corrected chi connectivity index (χ0v) is 22.4. The first-order valence-electron chi connectivity index (χ1n) is 13.1. The van der Waals surface area contributed by atoms with Crippen molar-refractivity contribution in [2.75, 3.05) is 0 Å². The Morgan fingerprint density at radius 2 is 1.71 bits per heavy atom. The van der Waals surface area contributed by atoms with Gasteiger partial charge in [0.2, 0.25) is 11.8 Å². The first-order valence-corrected chi connectivity index (χ1v) is 13.1. The van der Waals surface area contributed by atoms with Crippen LogP contribution < -0.4 is 10.6 Å². The Kier molecular flexibility index (Phi) is 8.50. The molecule has 0 heterocycles. The maximum atomic E-state index is 13.9. The molecule has 2 fully saturated rings. The number of hydrogen-bond acceptors (Lipinski definition) is 4. The summed E-state index contributed by atoms with van der Waals surface area (Å²) in [5.74, 6) is -0.111. The van der Waals surface area contributed by atoms with E-state index < -0.39 is 23.8 Å². The molecule has 0 saturated heterocycles. The van der Waals surface area contributed by atoms with Crippen molar-refractivity contribution in [2.45, 2.75) is 117 Å². The Morgan fingerprint density at radius 3 is 2.29 bits per heavy atom. The summed E-state index contributed by atoms with van der Waals surface area (Å²) < 4.78 is 5.36. The van der Waals surface area contributed by atoms with Gasteiger partial charge in [0.1, 0.15) is 17.7 Å². The Balaban J connectivity index is 1.93. The van der Waals surface area contributed by atoms with E-state index in [1.165, 1.54) is 6.42 Å². The van der Waals surface area contributed by atoms with Crippen molar-refractivity contribution in [3.63, 3.8) is 0 Å². The van der Waals surface area contributed by atoms with Crippen LogP contribution in [0.15, 0.2) is 18.2 Å². The van der Waals surface area contributed by atoms with Crippen LogP contribution in [0.4, 0.5) is 4.79 Å². The third kappa shape index (κ3) is 7.21. The van der Waals surface area contributed by atoms with Gasteiger partial charge in [0.25, 0.3) is 0 Å². The summed E-state index contributed by atoms with van der Waals surface area (Å²) in [5.41, 5.74) is 2.18. The highest BCUT2D eigenvalue weighted by Crippen LogP contribution is 2.41. The van der Waals surface area contributed by atoms with Crippen molar-refractivity contribution in [1.82, 2.24) is 15.5 Å². The molecular weight excluding hydrogens is 442 g/mol. The maximum absolute atomic E-state index is 13.9. The van der Waals surface area contributed by atoms with E-state index in [0.717, 1.165) is 48.8 Å². The molecule has 194 valence electrons. The average Bonchev–Trinajstić information content (AvgIpc) is 3.48. The molecule has 4 unspecified atom stereocenters. The number of alkyl carbamates (subject to hydrolysis) is 1. The number of rotatable bonds is 7. The Morgan fingerprint density at radius 1 is 1.09 bits per heavy atom. The molecule has 2 saturated carbocycles. The summed E-state index contributed by atoms with van der Waals surface area (Å²) in [6.07, 6.45) is 5.55. The van der Waals surface area contributed by atoms with Gasteiger partial charge in [-0.3, -0.25) is 9.59 Å². The highest BCUT2D eigenvalue weighted by atomic mass is 16.6. The molecule has 7 nitrogen and oxygen atoms in total. The molecule has 2 N–H and O–H groups in total.